The predicted octanol–water partition coefficient (Wildman–Crippen LogP) is 3.50. The minimum Gasteiger partial charge on any atom is -0.396 e. The van der Waals surface area contributed by atoms with Gasteiger partial charge in [-0.15, -0.1) is 0 Å². The van der Waals surface area contributed by atoms with Gasteiger partial charge < -0.3 is 16.0 Å². The van der Waals surface area contributed by atoms with Gasteiger partial charge in [0.15, 0.2) is 11.5 Å². The standard InChI is InChI=1S/C21H21FN6O/c22-15-7-3-2-6-14(15)20-25-12-16(23)19(27-20)21(29)26-17-13-24-9-8-18(17)28-10-4-1-5-11-28/h2-3,6-9,12-13H,1,4-5,10-11,23H2,(H,26,29). The molecule has 0 radical (unpaired) electrons. The first kappa shape index (κ1) is 18.8. The molecule has 1 aliphatic heterocycles. The molecule has 1 saturated heterocycles. The first-order valence-electron chi connectivity index (χ1n) is 9.51. The van der Waals surface area contributed by atoms with Gasteiger partial charge in [-0.05, 0) is 37.5 Å². The van der Waals surface area contributed by atoms with Crippen LogP contribution < -0.4 is 16.0 Å². The first-order chi connectivity index (χ1) is 14.1. The highest BCUT2D eigenvalue weighted by molar-refractivity contribution is 6.07. The number of hydrogen-bond acceptors (Lipinski definition) is 6. The molecular formula is C21H21FN6O. The van der Waals surface area contributed by atoms with E-state index >= 15 is 0 Å². The van der Waals surface area contributed by atoms with Gasteiger partial charge in [0.05, 0.1) is 35.0 Å². The third kappa shape index (κ3) is 4.01. The van der Waals surface area contributed by atoms with Crippen molar-refractivity contribution in [2.24, 2.45) is 0 Å². The summed E-state index contributed by atoms with van der Waals surface area (Å²) in [7, 11) is 0. The van der Waals surface area contributed by atoms with Crippen molar-refractivity contribution in [1.29, 1.82) is 0 Å². The number of nitrogen functional groups attached to an aromatic ring is 1. The maximum absolute atomic E-state index is 14.1. The summed E-state index contributed by atoms with van der Waals surface area (Å²) in [6.07, 6.45) is 8.06. The number of nitrogens with one attached hydrogen (secondary N) is 1. The summed E-state index contributed by atoms with van der Waals surface area (Å²) < 4.78 is 14.1. The fraction of sp³-hybridized carbons (Fsp3) is 0.238. The summed E-state index contributed by atoms with van der Waals surface area (Å²) in [4.78, 5) is 27.6. The Hall–Kier alpha value is -3.55. The second-order valence-corrected chi connectivity index (χ2v) is 6.87. The smallest absolute Gasteiger partial charge is 0.276 e. The quantitative estimate of drug-likeness (QED) is 0.705. The SMILES string of the molecule is Nc1cnc(-c2ccccc2F)nc1C(=O)Nc1cnccc1N1CCCCC1. The van der Waals surface area contributed by atoms with Gasteiger partial charge in [0, 0.05) is 19.3 Å². The molecule has 3 N–H and O–H groups in total. The van der Waals surface area contributed by atoms with Crippen LogP contribution in [-0.2, 0) is 0 Å². The van der Waals surface area contributed by atoms with Gasteiger partial charge in [-0.2, -0.15) is 0 Å². The first-order valence-corrected chi connectivity index (χ1v) is 9.51. The molecule has 4 rings (SSSR count). The Kier molecular flexibility index (Phi) is 5.33. The topological polar surface area (TPSA) is 97.0 Å². The summed E-state index contributed by atoms with van der Waals surface area (Å²) in [5.74, 6) is -0.859. The molecule has 0 aliphatic carbocycles. The van der Waals surface area contributed by atoms with E-state index in [1.807, 2.05) is 6.07 Å². The summed E-state index contributed by atoms with van der Waals surface area (Å²) in [5.41, 5.74) is 7.75. The van der Waals surface area contributed by atoms with Gasteiger partial charge in [-0.1, -0.05) is 12.1 Å². The zero-order chi connectivity index (χ0) is 20.2. The Morgan fingerprint density at radius 2 is 1.90 bits per heavy atom. The number of pyridine rings is 1. The monoisotopic (exact) mass is 392 g/mol. The molecule has 1 aromatic carbocycles. The molecule has 29 heavy (non-hydrogen) atoms. The molecule has 3 heterocycles. The van der Waals surface area contributed by atoms with Crippen molar-refractivity contribution in [3.8, 4) is 11.4 Å². The lowest BCUT2D eigenvalue weighted by molar-refractivity contribution is 0.102. The average Bonchev–Trinajstić information content (AvgIpc) is 2.75. The van der Waals surface area contributed by atoms with E-state index in [9.17, 15) is 9.18 Å². The number of carbonyl (C=O) groups excluding carboxylic acids is 1. The van der Waals surface area contributed by atoms with Crippen LogP contribution in [0.2, 0.25) is 0 Å². The molecule has 1 aliphatic rings. The molecule has 0 unspecified atom stereocenters. The summed E-state index contributed by atoms with van der Waals surface area (Å²) in [5, 5.41) is 2.85. The van der Waals surface area contributed by atoms with Gasteiger partial charge in [0.1, 0.15) is 5.82 Å². The summed E-state index contributed by atoms with van der Waals surface area (Å²) in [6.45, 7) is 1.86. The molecule has 1 amide bonds. The third-order valence-corrected chi connectivity index (χ3v) is 4.89. The van der Waals surface area contributed by atoms with Crippen molar-refractivity contribution in [3.05, 3.63) is 60.4 Å². The van der Waals surface area contributed by atoms with Crippen molar-refractivity contribution < 1.29 is 9.18 Å². The Morgan fingerprint density at radius 3 is 2.69 bits per heavy atom. The number of anilines is 3. The van der Waals surface area contributed by atoms with Gasteiger partial charge in [-0.3, -0.25) is 9.78 Å². The Balaban J connectivity index is 1.63. The Bertz CT molecular complexity index is 1040. The van der Waals surface area contributed by atoms with Crippen LogP contribution in [0, 0.1) is 5.82 Å². The van der Waals surface area contributed by atoms with E-state index in [2.05, 4.69) is 25.2 Å². The molecule has 7 nitrogen and oxygen atoms in total. The number of benzene rings is 1. The number of halogens is 1. The number of carbonyl (C=O) groups is 1. The van der Waals surface area contributed by atoms with Crippen LogP contribution in [0.4, 0.5) is 21.5 Å². The summed E-state index contributed by atoms with van der Waals surface area (Å²) >= 11 is 0. The fourth-order valence-corrected chi connectivity index (χ4v) is 3.42. The van der Waals surface area contributed by atoms with E-state index in [1.54, 1.807) is 30.6 Å². The van der Waals surface area contributed by atoms with E-state index in [1.165, 1.54) is 18.7 Å². The van der Waals surface area contributed by atoms with Gasteiger partial charge >= 0.3 is 0 Å². The number of aromatic nitrogens is 3. The van der Waals surface area contributed by atoms with E-state index in [0.29, 0.717) is 5.69 Å². The molecule has 0 atom stereocenters. The molecule has 8 heteroatoms. The molecule has 2 aromatic heterocycles. The maximum atomic E-state index is 14.1. The van der Waals surface area contributed by atoms with Crippen LogP contribution in [-0.4, -0.2) is 33.9 Å². The largest absolute Gasteiger partial charge is 0.396 e. The lowest BCUT2D eigenvalue weighted by Gasteiger charge is -2.30. The predicted molar refractivity (Wildman–Crippen MR) is 110 cm³/mol. The van der Waals surface area contributed by atoms with E-state index in [-0.39, 0.29) is 22.8 Å². The second-order valence-electron chi connectivity index (χ2n) is 6.87. The highest BCUT2D eigenvalue weighted by Gasteiger charge is 2.20. The van der Waals surface area contributed by atoms with Gasteiger partial charge in [0.25, 0.3) is 5.91 Å². The number of rotatable bonds is 4. The number of nitrogens with two attached hydrogens (primary N) is 1. The Labute approximate surface area is 167 Å². The summed E-state index contributed by atoms with van der Waals surface area (Å²) in [6, 6.07) is 8.01. The van der Waals surface area contributed by atoms with Crippen molar-refractivity contribution in [2.45, 2.75) is 19.3 Å². The van der Waals surface area contributed by atoms with Crippen molar-refractivity contribution >= 4 is 23.0 Å². The lowest BCUT2D eigenvalue weighted by Crippen LogP contribution is -2.30. The van der Waals surface area contributed by atoms with Crippen molar-refractivity contribution in [3.63, 3.8) is 0 Å². The molecule has 0 saturated carbocycles. The lowest BCUT2D eigenvalue weighted by atomic mass is 10.1. The molecule has 148 valence electrons. The zero-order valence-corrected chi connectivity index (χ0v) is 15.8. The fourth-order valence-electron chi connectivity index (χ4n) is 3.42. The maximum Gasteiger partial charge on any atom is 0.276 e. The molecule has 0 bridgehead atoms. The number of piperidine rings is 1. The van der Waals surface area contributed by atoms with E-state index in [4.69, 9.17) is 5.73 Å². The number of nitrogens with zero attached hydrogens (tertiary/aromatic N) is 4. The number of amides is 1. The highest BCUT2D eigenvalue weighted by Crippen LogP contribution is 2.28. The number of hydrogen-bond donors (Lipinski definition) is 2. The van der Waals surface area contributed by atoms with Crippen LogP contribution in [0.15, 0.2) is 48.9 Å². The average molecular weight is 392 g/mol. The van der Waals surface area contributed by atoms with E-state index in [0.717, 1.165) is 31.6 Å². The van der Waals surface area contributed by atoms with Crippen LogP contribution in [0.5, 0.6) is 0 Å². The van der Waals surface area contributed by atoms with Crippen LogP contribution >= 0.6 is 0 Å². The Morgan fingerprint density at radius 1 is 1.10 bits per heavy atom. The molecular weight excluding hydrogens is 371 g/mol. The molecule has 0 spiro atoms. The zero-order valence-electron chi connectivity index (χ0n) is 15.8. The van der Waals surface area contributed by atoms with Crippen molar-refractivity contribution in [1.82, 2.24) is 15.0 Å². The minimum absolute atomic E-state index is 0.00768. The second kappa shape index (κ2) is 8.22. The molecule has 1 fully saturated rings. The minimum atomic E-state index is -0.492. The van der Waals surface area contributed by atoms with Gasteiger partial charge in [0.2, 0.25) is 0 Å². The van der Waals surface area contributed by atoms with Crippen molar-refractivity contribution in [2.75, 3.05) is 29.0 Å². The van der Waals surface area contributed by atoms with Crippen LogP contribution in [0.3, 0.4) is 0 Å². The normalized spacial score (nSPS) is 13.9. The van der Waals surface area contributed by atoms with Crippen LogP contribution in [0.25, 0.3) is 11.4 Å². The van der Waals surface area contributed by atoms with Gasteiger partial charge in [-0.25, -0.2) is 14.4 Å². The third-order valence-electron chi connectivity index (χ3n) is 4.89. The van der Waals surface area contributed by atoms with Crippen LogP contribution in [0.1, 0.15) is 29.8 Å². The highest BCUT2D eigenvalue weighted by atomic mass is 19.1. The van der Waals surface area contributed by atoms with E-state index < -0.39 is 11.7 Å². The molecule has 3 aromatic rings.